The van der Waals surface area contributed by atoms with E-state index in [-0.39, 0.29) is 16.0 Å². The Morgan fingerprint density at radius 3 is 2.22 bits per heavy atom. The molecular formula is C15H13N3O4S. The van der Waals surface area contributed by atoms with Gasteiger partial charge in [-0.3, -0.25) is 9.59 Å². The number of rotatable bonds is 3. The predicted octanol–water partition coefficient (Wildman–Crippen LogP) is 1.89. The van der Waals surface area contributed by atoms with Crippen LogP contribution in [0.25, 0.3) is 0 Å². The van der Waals surface area contributed by atoms with Crippen LogP contribution in [0.5, 0.6) is 0 Å². The molecule has 2 amide bonds. The van der Waals surface area contributed by atoms with Gasteiger partial charge < -0.3 is 9.74 Å². The zero-order valence-corrected chi connectivity index (χ0v) is 13.5. The maximum absolute atomic E-state index is 12.3. The fraction of sp³-hybridized carbons (Fsp3) is 0.200. The molecule has 3 rings (SSSR count). The van der Waals surface area contributed by atoms with Crippen molar-refractivity contribution in [1.29, 1.82) is 0 Å². The molecule has 1 aliphatic heterocycles. The van der Waals surface area contributed by atoms with E-state index in [1.54, 1.807) is 38.1 Å². The van der Waals surface area contributed by atoms with E-state index < -0.39 is 17.8 Å². The van der Waals surface area contributed by atoms with Crippen LogP contribution in [0.4, 0.5) is 5.13 Å². The molecule has 1 aromatic heterocycles. The molecule has 0 aliphatic carbocycles. The van der Waals surface area contributed by atoms with Crippen LogP contribution in [0.2, 0.25) is 0 Å². The highest BCUT2D eigenvalue weighted by atomic mass is 32.1. The highest BCUT2D eigenvalue weighted by Gasteiger charge is 2.39. The van der Waals surface area contributed by atoms with Gasteiger partial charge in [0.05, 0.1) is 16.8 Å². The summed E-state index contributed by atoms with van der Waals surface area (Å²) in [5.74, 6) is -2.06. The Balaban J connectivity index is 1.85. The van der Waals surface area contributed by atoms with Crippen LogP contribution in [0.3, 0.4) is 0 Å². The Morgan fingerprint density at radius 1 is 1.17 bits per heavy atom. The lowest BCUT2D eigenvalue weighted by Crippen LogP contribution is -2.32. The second-order valence-corrected chi connectivity index (χ2v) is 6.11. The smallest absolute Gasteiger partial charge is 0.354 e. The molecule has 7 nitrogen and oxygen atoms in total. The second-order valence-electron chi connectivity index (χ2n) is 5.13. The number of fused-ring (bicyclic) bond motifs is 1. The van der Waals surface area contributed by atoms with E-state index in [1.165, 1.54) is 12.1 Å². The molecule has 8 heteroatoms. The van der Waals surface area contributed by atoms with Crippen LogP contribution in [0.15, 0.2) is 24.3 Å². The third-order valence-corrected chi connectivity index (χ3v) is 4.59. The lowest BCUT2D eigenvalue weighted by atomic mass is 10.1. The molecule has 23 heavy (non-hydrogen) atoms. The van der Waals surface area contributed by atoms with E-state index in [2.05, 4.69) is 4.98 Å². The Bertz CT molecular complexity index is 793. The zero-order chi connectivity index (χ0) is 16.7. The van der Waals surface area contributed by atoms with Crippen LogP contribution >= 0.6 is 11.3 Å². The quantitative estimate of drug-likeness (QED) is 0.799. The summed E-state index contributed by atoms with van der Waals surface area (Å²) in [5, 5.41) is 1.14. The lowest BCUT2D eigenvalue weighted by Gasteiger charge is -2.11. The molecule has 0 saturated carbocycles. The minimum atomic E-state index is -0.775. The SMILES string of the molecule is Cc1nc(N(C)C)sc1C(=O)ON1C(=O)c2ccccc2C1=O. The van der Waals surface area contributed by atoms with E-state index in [4.69, 9.17) is 4.84 Å². The Hall–Kier alpha value is -2.74. The van der Waals surface area contributed by atoms with Gasteiger partial charge in [-0.25, -0.2) is 9.78 Å². The molecule has 0 bridgehead atoms. The van der Waals surface area contributed by atoms with E-state index >= 15 is 0 Å². The fourth-order valence-electron chi connectivity index (χ4n) is 2.14. The Morgan fingerprint density at radius 2 is 1.74 bits per heavy atom. The summed E-state index contributed by atoms with van der Waals surface area (Å²) < 4.78 is 0. The highest BCUT2D eigenvalue weighted by molar-refractivity contribution is 7.17. The monoisotopic (exact) mass is 331 g/mol. The number of aryl methyl sites for hydroxylation is 1. The Labute approximate surface area is 136 Å². The number of imide groups is 1. The molecule has 1 aromatic carbocycles. The average molecular weight is 331 g/mol. The summed E-state index contributed by atoms with van der Waals surface area (Å²) in [6.45, 7) is 1.67. The number of hydrogen-bond acceptors (Lipinski definition) is 7. The summed E-state index contributed by atoms with van der Waals surface area (Å²) in [5.41, 5.74) is 0.931. The number of carbonyl (C=O) groups is 3. The van der Waals surface area contributed by atoms with Crippen LogP contribution in [-0.4, -0.2) is 41.9 Å². The van der Waals surface area contributed by atoms with Crippen molar-refractivity contribution in [2.45, 2.75) is 6.92 Å². The van der Waals surface area contributed by atoms with E-state index in [9.17, 15) is 14.4 Å². The van der Waals surface area contributed by atoms with Crippen molar-refractivity contribution in [2.75, 3.05) is 19.0 Å². The van der Waals surface area contributed by atoms with Crippen LogP contribution in [-0.2, 0) is 4.84 Å². The van der Waals surface area contributed by atoms with Gasteiger partial charge in [0, 0.05) is 14.1 Å². The first-order valence-electron chi connectivity index (χ1n) is 6.75. The van der Waals surface area contributed by atoms with Crippen molar-refractivity contribution in [3.63, 3.8) is 0 Å². The maximum Gasteiger partial charge on any atom is 0.375 e. The molecule has 0 N–H and O–H groups in total. The number of aromatic nitrogens is 1. The molecule has 0 fully saturated rings. The molecule has 2 aromatic rings. The topological polar surface area (TPSA) is 79.8 Å². The number of benzene rings is 1. The van der Waals surface area contributed by atoms with Crippen molar-refractivity contribution < 1.29 is 19.2 Å². The molecule has 2 heterocycles. The third kappa shape index (κ3) is 2.46. The number of nitrogens with zero attached hydrogens (tertiary/aromatic N) is 3. The van der Waals surface area contributed by atoms with Gasteiger partial charge in [0.1, 0.15) is 4.88 Å². The van der Waals surface area contributed by atoms with Gasteiger partial charge in [0.15, 0.2) is 5.13 Å². The highest BCUT2D eigenvalue weighted by Crippen LogP contribution is 2.27. The molecular weight excluding hydrogens is 318 g/mol. The lowest BCUT2D eigenvalue weighted by molar-refractivity contribution is -0.0581. The molecule has 0 saturated heterocycles. The zero-order valence-electron chi connectivity index (χ0n) is 12.7. The molecule has 1 aliphatic rings. The molecule has 0 unspecified atom stereocenters. The largest absolute Gasteiger partial charge is 0.375 e. The minimum Gasteiger partial charge on any atom is -0.354 e. The van der Waals surface area contributed by atoms with Crippen LogP contribution in [0.1, 0.15) is 36.1 Å². The second kappa shape index (κ2) is 5.47. The number of carbonyl (C=O) groups excluding carboxylic acids is 3. The number of anilines is 1. The summed E-state index contributed by atoms with van der Waals surface area (Å²) >= 11 is 1.14. The van der Waals surface area contributed by atoms with Gasteiger partial charge in [0.2, 0.25) is 0 Å². The van der Waals surface area contributed by atoms with Crippen molar-refractivity contribution in [3.05, 3.63) is 46.0 Å². The fourth-order valence-corrected chi connectivity index (χ4v) is 3.00. The minimum absolute atomic E-state index is 0.223. The maximum atomic E-state index is 12.3. The van der Waals surface area contributed by atoms with E-state index in [0.717, 1.165) is 11.3 Å². The van der Waals surface area contributed by atoms with Gasteiger partial charge in [-0.2, -0.15) is 0 Å². The van der Waals surface area contributed by atoms with Gasteiger partial charge in [-0.15, -0.1) is 0 Å². The summed E-state index contributed by atoms with van der Waals surface area (Å²) in [4.78, 5) is 47.9. The number of hydroxylamine groups is 2. The molecule has 0 spiro atoms. The normalized spacial score (nSPS) is 13.3. The molecule has 0 atom stereocenters. The number of thiazole rings is 1. The van der Waals surface area contributed by atoms with Crippen LogP contribution < -0.4 is 4.90 Å². The summed E-state index contributed by atoms with van der Waals surface area (Å²) in [6, 6.07) is 6.33. The van der Waals surface area contributed by atoms with E-state index in [1.807, 2.05) is 0 Å². The first-order valence-corrected chi connectivity index (χ1v) is 7.56. The first-order chi connectivity index (χ1) is 10.9. The first kappa shape index (κ1) is 15.2. The number of amides is 2. The van der Waals surface area contributed by atoms with Crippen molar-refractivity contribution >= 4 is 34.3 Å². The third-order valence-electron chi connectivity index (χ3n) is 3.28. The number of hydrogen-bond donors (Lipinski definition) is 0. The standard InChI is InChI=1S/C15H13N3O4S/c1-8-11(23-15(16-8)17(2)3)14(21)22-18-12(19)9-6-4-5-7-10(9)13(18)20/h4-7H,1-3H3. The van der Waals surface area contributed by atoms with Crippen molar-refractivity contribution in [1.82, 2.24) is 10.0 Å². The average Bonchev–Trinajstić information content (AvgIpc) is 3.02. The Kier molecular flexibility index (Phi) is 3.61. The molecule has 118 valence electrons. The van der Waals surface area contributed by atoms with Gasteiger partial charge in [0.25, 0.3) is 11.8 Å². The molecule has 0 radical (unpaired) electrons. The van der Waals surface area contributed by atoms with E-state index in [0.29, 0.717) is 15.9 Å². The van der Waals surface area contributed by atoms with Gasteiger partial charge >= 0.3 is 5.97 Å². The predicted molar refractivity (Wildman–Crippen MR) is 83.5 cm³/mol. The summed E-state index contributed by atoms with van der Waals surface area (Å²) in [7, 11) is 3.61. The summed E-state index contributed by atoms with van der Waals surface area (Å²) in [6.07, 6.45) is 0. The van der Waals surface area contributed by atoms with Gasteiger partial charge in [-0.1, -0.05) is 28.5 Å². The van der Waals surface area contributed by atoms with Crippen molar-refractivity contribution in [3.8, 4) is 0 Å². The van der Waals surface area contributed by atoms with Crippen molar-refractivity contribution in [2.24, 2.45) is 0 Å². The van der Waals surface area contributed by atoms with Gasteiger partial charge in [-0.05, 0) is 19.1 Å². The van der Waals surface area contributed by atoms with Crippen LogP contribution in [0, 0.1) is 6.92 Å².